The summed E-state index contributed by atoms with van der Waals surface area (Å²) >= 11 is 0. The smallest absolute Gasteiger partial charge is 0.306 e. The number of hydrogen-bond donors (Lipinski definition) is 1. The zero-order valence-electron chi connectivity index (χ0n) is 25.9. The molecule has 0 radical (unpaired) electrons. The second-order valence-electron chi connectivity index (χ2n) is 11.0. The van der Waals surface area contributed by atoms with E-state index < -0.39 is 21.5 Å². The number of nitrogens with one attached hydrogen (secondary N) is 1. The predicted molar refractivity (Wildman–Crippen MR) is 165 cm³/mol. The lowest BCUT2D eigenvalue weighted by Gasteiger charge is -2.19. The number of carbonyl (C=O) groups is 2. The average Bonchev–Trinajstić information content (AvgIpc) is 3.38. The van der Waals surface area contributed by atoms with Gasteiger partial charge in [0.05, 0.1) is 33.0 Å². The lowest BCUT2D eigenvalue weighted by molar-refractivity contribution is -0.155. The summed E-state index contributed by atoms with van der Waals surface area (Å²) in [7, 11) is -0.506. The third kappa shape index (κ3) is 11.5. The number of nitrogens with zero attached hydrogens (tertiary/aromatic N) is 1. The third-order valence-corrected chi connectivity index (χ3v) is 7.30. The lowest BCUT2D eigenvalue weighted by atomic mass is 10.2. The van der Waals surface area contributed by atoms with Gasteiger partial charge in [-0.3, -0.25) is 9.59 Å². The molecule has 0 aliphatic carbocycles. The van der Waals surface area contributed by atoms with Crippen molar-refractivity contribution in [3.05, 3.63) is 54.3 Å². The topological polar surface area (TPSA) is 143 Å². The van der Waals surface area contributed by atoms with E-state index in [1.807, 2.05) is 45.8 Å². The van der Waals surface area contributed by atoms with Crippen molar-refractivity contribution in [2.75, 3.05) is 65.2 Å². The number of benzene rings is 2. The van der Waals surface area contributed by atoms with Gasteiger partial charge in [-0.05, 0) is 57.5 Å². The van der Waals surface area contributed by atoms with Crippen molar-refractivity contribution in [3.8, 4) is 5.75 Å². The molecule has 44 heavy (non-hydrogen) atoms. The number of esters is 1. The molecule has 0 spiro atoms. The van der Waals surface area contributed by atoms with Gasteiger partial charge in [0, 0.05) is 44.3 Å². The molecule has 0 unspecified atom stereocenters. The van der Waals surface area contributed by atoms with Gasteiger partial charge in [-0.25, -0.2) is 13.1 Å². The van der Waals surface area contributed by atoms with Gasteiger partial charge in [-0.2, -0.15) is 0 Å². The molecule has 13 heteroatoms. The van der Waals surface area contributed by atoms with Crippen LogP contribution in [0.5, 0.6) is 5.75 Å². The summed E-state index contributed by atoms with van der Waals surface area (Å²) in [5, 5.41) is 0.674. The van der Waals surface area contributed by atoms with Crippen LogP contribution < -0.4 is 14.4 Å². The Morgan fingerprint density at radius 2 is 1.50 bits per heavy atom. The summed E-state index contributed by atoms with van der Waals surface area (Å²) in [5.74, 6) is -1.18. The number of carbonyl (C=O) groups excluding carboxylic acids is 2. The Morgan fingerprint density at radius 1 is 0.864 bits per heavy atom. The van der Waals surface area contributed by atoms with Gasteiger partial charge in [0.2, 0.25) is 0 Å². The second-order valence-corrected chi connectivity index (χ2v) is 12.6. The zero-order chi connectivity index (χ0) is 32.2. The average molecular weight is 635 g/mol. The molecule has 1 aromatic heterocycles. The van der Waals surface area contributed by atoms with Crippen molar-refractivity contribution < 1.29 is 46.1 Å². The summed E-state index contributed by atoms with van der Waals surface area (Å²) < 4.78 is 61.1. The van der Waals surface area contributed by atoms with Gasteiger partial charge in [-0.1, -0.05) is 12.1 Å². The highest BCUT2D eigenvalue weighted by atomic mass is 32.2. The molecule has 0 bridgehead atoms. The maximum atomic E-state index is 13.1. The first kappa shape index (κ1) is 34.8. The predicted octanol–water partition coefficient (Wildman–Crippen LogP) is 4.17. The van der Waals surface area contributed by atoms with Crippen molar-refractivity contribution >= 4 is 38.6 Å². The molecule has 1 N–H and O–H groups in total. The number of amides is 1. The summed E-state index contributed by atoms with van der Waals surface area (Å²) in [6.45, 7) is 7.64. The largest absolute Gasteiger partial charge is 0.490 e. The minimum absolute atomic E-state index is 0.0803. The first-order valence-electron chi connectivity index (χ1n) is 14.3. The number of furan rings is 1. The molecular weight excluding hydrogens is 592 g/mol. The van der Waals surface area contributed by atoms with Crippen molar-refractivity contribution in [2.45, 2.75) is 44.1 Å². The quantitative estimate of drug-likeness (QED) is 0.159. The third-order valence-electron chi connectivity index (χ3n) is 5.93. The van der Waals surface area contributed by atoms with E-state index in [1.54, 1.807) is 18.2 Å². The fourth-order valence-corrected chi connectivity index (χ4v) is 5.00. The minimum Gasteiger partial charge on any atom is -0.490 e. The van der Waals surface area contributed by atoms with E-state index in [1.165, 1.54) is 24.3 Å². The Hall–Kier alpha value is -3.65. The molecule has 3 aromatic rings. The van der Waals surface area contributed by atoms with E-state index in [0.29, 0.717) is 56.8 Å². The monoisotopic (exact) mass is 634 g/mol. The maximum absolute atomic E-state index is 13.1. The van der Waals surface area contributed by atoms with Crippen molar-refractivity contribution in [2.24, 2.45) is 0 Å². The Labute approximate surface area is 258 Å². The number of hydrogen-bond acceptors (Lipinski definition) is 11. The van der Waals surface area contributed by atoms with Crippen molar-refractivity contribution in [1.82, 2.24) is 4.72 Å². The molecular formula is C31H42N2O10S. The Kier molecular flexibility index (Phi) is 13.0. The molecule has 0 atom stereocenters. The number of sulfonamides is 1. The first-order valence-corrected chi connectivity index (χ1v) is 15.8. The molecule has 0 saturated heterocycles. The molecule has 2 aromatic carbocycles. The van der Waals surface area contributed by atoms with E-state index in [4.69, 9.17) is 28.1 Å². The molecule has 0 saturated carbocycles. The normalized spacial score (nSPS) is 11.8. The number of fused-ring (bicyclic) bond motifs is 1. The van der Waals surface area contributed by atoms with Crippen LogP contribution in [0.2, 0.25) is 0 Å². The highest BCUT2D eigenvalue weighted by Gasteiger charge is 2.25. The maximum Gasteiger partial charge on any atom is 0.306 e. The highest BCUT2D eigenvalue weighted by Crippen LogP contribution is 2.26. The van der Waals surface area contributed by atoms with Gasteiger partial charge in [0.15, 0.2) is 5.76 Å². The number of rotatable bonds is 18. The molecule has 0 aliphatic heterocycles. The molecule has 1 heterocycles. The van der Waals surface area contributed by atoms with Crippen molar-refractivity contribution in [1.29, 1.82) is 0 Å². The van der Waals surface area contributed by atoms with Crippen LogP contribution >= 0.6 is 0 Å². The Morgan fingerprint density at radius 3 is 2.16 bits per heavy atom. The molecule has 0 fully saturated rings. The lowest BCUT2D eigenvalue weighted by Crippen LogP contribution is -2.30. The second kappa shape index (κ2) is 16.4. The summed E-state index contributed by atoms with van der Waals surface area (Å²) in [6, 6.07) is 12.9. The van der Waals surface area contributed by atoms with Crippen LogP contribution in [0.3, 0.4) is 0 Å². The van der Waals surface area contributed by atoms with E-state index in [9.17, 15) is 18.0 Å². The Balaban J connectivity index is 1.34. The highest BCUT2D eigenvalue weighted by molar-refractivity contribution is 7.90. The standard InChI is InChI=1S/C31H42N2O10S/c1-31(2,3)43-29(34)11-8-14-38-15-16-39-17-18-40-19-20-41-25-9-6-7-10-28(25)44(36,37)32-30(35)27-21-23-12-13-24(33(4)5)22-26(23)42-27/h6-7,9-10,12-13,21-22H,8,11,14-20H2,1-5H3,(H,32,35). The van der Waals surface area contributed by atoms with Crippen LogP contribution in [0.15, 0.2) is 57.8 Å². The van der Waals surface area contributed by atoms with Crippen LogP contribution in [0.25, 0.3) is 11.0 Å². The van der Waals surface area contributed by atoms with Gasteiger partial charge in [0.25, 0.3) is 10.0 Å². The molecule has 242 valence electrons. The van der Waals surface area contributed by atoms with Crippen LogP contribution in [0.1, 0.15) is 44.2 Å². The van der Waals surface area contributed by atoms with Crippen LogP contribution in [-0.4, -0.2) is 86.2 Å². The van der Waals surface area contributed by atoms with Gasteiger partial charge in [-0.15, -0.1) is 0 Å². The summed E-state index contributed by atoms with van der Waals surface area (Å²) in [5.41, 5.74) is 0.858. The first-order chi connectivity index (χ1) is 20.9. The minimum atomic E-state index is -4.26. The van der Waals surface area contributed by atoms with Crippen LogP contribution in [0.4, 0.5) is 5.69 Å². The van der Waals surface area contributed by atoms with Crippen LogP contribution in [0, 0.1) is 0 Å². The van der Waals surface area contributed by atoms with Gasteiger partial charge in [0.1, 0.15) is 28.4 Å². The summed E-state index contributed by atoms with van der Waals surface area (Å²) in [4.78, 5) is 26.1. The number of ether oxygens (including phenoxy) is 5. The van der Waals surface area contributed by atoms with Gasteiger partial charge < -0.3 is 33.0 Å². The van der Waals surface area contributed by atoms with Crippen molar-refractivity contribution in [3.63, 3.8) is 0 Å². The van der Waals surface area contributed by atoms with E-state index >= 15 is 0 Å². The van der Waals surface area contributed by atoms with Crippen LogP contribution in [-0.2, 0) is 33.8 Å². The number of anilines is 1. The fraction of sp³-hybridized carbons (Fsp3) is 0.484. The van der Waals surface area contributed by atoms with Gasteiger partial charge >= 0.3 is 11.9 Å². The fourth-order valence-electron chi connectivity index (χ4n) is 3.89. The molecule has 1 amide bonds. The zero-order valence-corrected chi connectivity index (χ0v) is 26.7. The Bertz CT molecular complexity index is 1480. The van der Waals surface area contributed by atoms with E-state index in [-0.39, 0.29) is 35.6 Å². The summed E-state index contributed by atoms with van der Waals surface area (Å²) in [6.07, 6.45) is 0.883. The van der Waals surface area contributed by atoms with E-state index in [0.717, 1.165) is 5.69 Å². The molecule has 3 rings (SSSR count). The SMILES string of the molecule is CN(C)c1ccc2cc(C(=O)NS(=O)(=O)c3ccccc3OCCOCCOCCOCCCC(=O)OC(C)(C)C)oc2c1. The number of para-hydroxylation sites is 1. The molecule has 0 aliphatic rings. The molecule has 12 nitrogen and oxygen atoms in total. The van der Waals surface area contributed by atoms with E-state index in [2.05, 4.69) is 4.72 Å².